The topological polar surface area (TPSA) is 27.1 Å². The van der Waals surface area contributed by atoms with E-state index in [4.69, 9.17) is 5.41 Å². The van der Waals surface area contributed by atoms with Crippen molar-refractivity contribution in [2.24, 2.45) is 0 Å². The van der Waals surface area contributed by atoms with Crippen LogP contribution in [0.4, 0.5) is 18.9 Å². The summed E-state index contributed by atoms with van der Waals surface area (Å²) < 4.78 is 38.1. The number of hydrogen-bond donors (Lipinski definition) is 1. The highest BCUT2D eigenvalue weighted by molar-refractivity contribution is 5.86. The molecule has 0 atom stereocenters. The lowest BCUT2D eigenvalue weighted by Gasteiger charge is -2.30. The van der Waals surface area contributed by atoms with Crippen LogP contribution in [0.1, 0.15) is 30.4 Å². The standard InChI is InChI=1S/C13H15F3N2/c14-13(15,16)11-5-4-10(9-17)12(8-11)18-6-2-1-3-7-18/h4-5,8-9,17H,1-3,6-7H2. The van der Waals surface area contributed by atoms with Crippen LogP contribution in [0.15, 0.2) is 18.2 Å². The summed E-state index contributed by atoms with van der Waals surface area (Å²) in [6, 6.07) is 3.57. The molecule has 2 rings (SSSR count). The van der Waals surface area contributed by atoms with Crippen LogP contribution >= 0.6 is 0 Å². The van der Waals surface area contributed by atoms with Crippen LogP contribution in [0.25, 0.3) is 0 Å². The maximum absolute atomic E-state index is 12.7. The lowest BCUT2D eigenvalue weighted by molar-refractivity contribution is -0.137. The van der Waals surface area contributed by atoms with Crippen LogP contribution in [-0.2, 0) is 6.18 Å². The van der Waals surface area contributed by atoms with Gasteiger partial charge in [-0.15, -0.1) is 0 Å². The van der Waals surface area contributed by atoms with Gasteiger partial charge in [0.1, 0.15) is 0 Å². The third-order valence-corrected chi connectivity index (χ3v) is 3.21. The molecule has 1 aromatic rings. The molecule has 1 aliphatic heterocycles. The fourth-order valence-corrected chi connectivity index (χ4v) is 2.25. The number of anilines is 1. The van der Waals surface area contributed by atoms with E-state index in [-0.39, 0.29) is 0 Å². The zero-order valence-electron chi connectivity index (χ0n) is 9.93. The summed E-state index contributed by atoms with van der Waals surface area (Å²) in [6.45, 7) is 1.53. The Kier molecular flexibility index (Phi) is 3.59. The van der Waals surface area contributed by atoms with Crippen molar-refractivity contribution in [1.82, 2.24) is 0 Å². The molecule has 0 saturated carbocycles. The molecular formula is C13H15F3N2. The molecule has 1 N–H and O–H groups in total. The monoisotopic (exact) mass is 256 g/mol. The molecule has 0 aliphatic carbocycles. The summed E-state index contributed by atoms with van der Waals surface area (Å²) in [7, 11) is 0. The van der Waals surface area contributed by atoms with Gasteiger partial charge in [-0.05, 0) is 31.4 Å². The van der Waals surface area contributed by atoms with E-state index in [2.05, 4.69) is 0 Å². The minimum Gasteiger partial charge on any atom is -0.371 e. The lowest BCUT2D eigenvalue weighted by atomic mass is 10.0. The molecule has 0 amide bonds. The first kappa shape index (κ1) is 12.9. The quantitative estimate of drug-likeness (QED) is 0.803. The van der Waals surface area contributed by atoms with Gasteiger partial charge in [0, 0.05) is 30.6 Å². The predicted octanol–water partition coefficient (Wildman–Crippen LogP) is 3.69. The van der Waals surface area contributed by atoms with E-state index in [1.54, 1.807) is 0 Å². The zero-order valence-corrected chi connectivity index (χ0v) is 9.93. The average molecular weight is 256 g/mol. The molecule has 2 nitrogen and oxygen atoms in total. The summed E-state index contributed by atoms with van der Waals surface area (Å²) in [5.41, 5.74) is 0.429. The Morgan fingerprint density at radius 2 is 1.78 bits per heavy atom. The van der Waals surface area contributed by atoms with Crippen LogP contribution in [0, 0.1) is 5.41 Å². The van der Waals surface area contributed by atoms with Gasteiger partial charge in [0.2, 0.25) is 0 Å². The molecule has 1 aliphatic rings. The first-order valence-corrected chi connectivity index (χ1v) is 5.99. The van der Waals surface area contributed by atoms with E-state index in [9.17, 15) is 13.2 Å². The lowest BCUT2D eigenvalue weighted by Crippen LogP contribution is -2.30. The summed E-state index contributed by atoms with van der Waals surface area (Å²) in [4.78, 5) is 1.94. The van der Waals surface area contributed by atoms with Crippen LogP contribution in [0.3, 0.4) is 0 Å². The van der Waals surface area contributed by atoms with Gasteiger partial charge in [-0.2, -0.15) is 13.2 Å². The first-order chi connectivity index (χ1) is 8.52. The van der Waals surface area contributed by atoms with E-state index in [0.29, 0.717) is 11.3 Å². The third-order valence-electron chi connectivity index (χ3n) is 3.21. The number of piperidine rings is 1. The van der Waals surface area contributed by atoms with Crippen LogP contribution < -0.4 is 4.90 Å². The Morgan fingerprint density at radius 1 is 1.11 bits per heavy atom. The fraction of sp³-hybridized carbons (Fsp3) is 0.462. The van der Waals surface area contributed by atoms with Crippen molar-refractivity contribution in [3.8, 4) is 0 Å². The van der Waals surface area contributed by atoms with Crippen molar-refractivity contribution in [2.75, 3.05) is 18.0 Å². The highest BCUT2D eigenvalue weighted by Gasteiger charge is 2.31. The number of rotatable bonds is 2. The van der Waals surface area contributed by atoms with E-state index in [0.717, 1.165) is 50.7 Å². The minimum absolute atomic E-state index is 0.527. The molecule has 0 radical (unpaired) electrons. The summed E-state index contributed by atoms with van der Waals surface area (Å²) in [5, 5.41) is 7.30. The first-order valence-electron chi connectivity index (χ1n) is 5.99. The van der Waals surface area contributed by atoms with E-state index in [1.165, 1.54) is 6.07 Å². The van der Waals surface area contributed by atoms with Crippen LogP contribution in [0.5, 0.6) is 0 Å². The Hall–Kier alpha value is -1.52. The number of alkyl halides is 3. The minimum atomic E-state index is -4.33. The van der Waals surface area contributed by atoms with Gasteiger partial charge in [0.05, 0.1) is 5.56 Å². The summed E-state index contributed by atoms with van der Waals surface area (Å²) in [5.74, 6) is 0. The Balaban J connectivity index is 2.38. The van der Waals surface area contributed by atoms with Gasteiger partial charge in [-0.3, -0.25) is 0 Å². The largest absolute Gasteiger partial charge is 0.416 e. The van der Waals surface area contributed by atoms with Gasteiger partial charge in [0.15, 0.2) is 0 Å². The number of benzene rings is 1. The number of nitrogens with zero attached hydrogens (tertiary/aromatic N) is 1. The normalized spacial score (nSPS) is 16.7. The number of nitrogens with one attached hydrogen (secondary N) is 1. The Labute approximate surface area is 104 Å². The van der Waals surface area contributed by atoms with Gasteiger partial charge in [-0.1, -0.05) is 6.07 Å². The van der Waals surface area contributed by atoms with Crippen molar-refractivity contribution in [3.63, 3.8) is 0 Å². The molecular weight excluding hydrogens is 241 g/mol. The predicted molar refractivity (Wildman–Crippen MR) is 65.4 cm³/mol. The van der Waals surface area contributed by atoms with E-state index in [1.807, 2.05) is 4.90 Å². The molecule has 0 aromatic heterocycles. The van der Waals surface area contributed by atoms with Gasteiger partial charge >= 0.3 is 6.18 Å². The maximum atomic E-state index is 12.7. The van der Waals surface area contributed by atoms with Crippen molar-refractivity contribution in [3.05, 3.63) is 29.3 Å². The summed E-state index contributed by atoms with van der Waals surface area (Å²) >= 11 is 0. The van der Waals surface area contributed by atoms with Gasteiger partial charge in [0.25, 0.3) is 0 Å². The van der Waals surface area contributed by atoms with Crippen molar-refractivity contribution >= 4 is 11.9 Å². The van der Waals surface area contributed by atoms with E-state index >= 15 is 0 Å². The molecule has 0 bridgehead atoms. The molecule has 0 spiro atoms. The Morgan fingerprint density at radius 3 is 2.33 bits per heavy atom. The molecule has 98 valence electrons. The fourth-order valence-electron chi connectivity index (χ4n) is 2.25. The van der Waals surface area contributed by atoms with Crippen molar-refractivity contribution in [2.45, 2.75) is 25.4 Å². The van der Waals surface area contributed by atoms with Gasteiger partial charge in [-0.25, -0.2) is 0 Å². The number of halogens is 3. The molecule has 5 heteroatoms. The molecule has 1 aromatic carbocycles. The second-order valence-corrected chi connectivity index (χ2v) is 4.46. The maximum Gasteiger partial charge on any atom is 0.416 e. The molecule has 1 saturated heterocycles. The zero-order chi connectivity index (χ0) is 13.2. The number of hydrogen-bond acceptors (Lipinski definition) is 2. The van der Waals surface area contributed by atoms with Crippen molar-refractivity contribution < 1.29 is 13.2 Å². The second kappa shape index (κ2) is 5.00. The molecule has 18 heavy (non-hydrogen) atoms. The van der Waals surface area contributed by atoms with Crippen LogP contribution in [0.2, 0.25) is 0 Å². The second-order valence-electron chi connectivity index (χ2n) is 4.46. The third kappa shape index (κ3) is 2.66. The molecule has 0 unspecified atom stereocenters. The van der Waals surface area contributed by atoms with Crippen LogP contribution in [-0.4, -0.2) is 19.3 Å². The average Bonchev–Trinajstić information content (AvgIpc) is 2.38. The molecule has 1 fully saturated rings. The Bertz CT molecular complexity index is 434. The smallest absolute Gasteiger partial charge is 0.371 e. The summed E-state index contributed by atoms with van der Waals surface area (Å²) in [6.07, 6.45) is -0.105. The highest BCUT2D eigenvalue weighted by atomic mass is 19.4. The van der Waals surface area contributed by atoms with Gasteiger partial charge < -0.3 is 10.3 Å². The molecule has 1 heterocycles. The SMILES string of the molecule is N=Cc1ccc(C(F)(F)F)cc1N1CCCCC1. The highest BCUT2D eigenvalue weighted by Crippen LogP contribution is 2.33. The van der Waals surface area contributed by atoms with Crippen molar-refractivity contribution in [1.29, 1.82) is 5.41 Å². The van der Waals surface area contributed by atoms with E-state index < -0.39 is 11.7 Å².